The van der Waals surface area contributed by atoms with Gasteiger partial charge in [-0.2, -0.15) is 18.3 Å². The number of carbonyl (C=O) groups is 3. The third kappa shape index (κ3) is 6.99. The number of aromatic nitrogens is 2. The highest BCUT2D eigenvalue weighted by molar-refractivity contribution is 6.35. The summed E-state index contributed by atoms with van der Waals surface area (Å²) in [5.74, 6) is -1.39. The molecule has 5 rings (SSSR count). The maximum absolute atomic E-state index is 14.3. The van der Waals surface area contributed by atoms with Crippen LogP contribution in [-0.4, -0.2) is 95.1 Å². The fourth-order valence-electron chi connectivity index (χ4n) is 6.20. The summed E-state index contributed by atoms with van der Waals surface area (Å²) >= 11 is 6.42. The zero-order chi connectivity index (χ0) is 31.6. The second-order valence-corrected chi connectivity index (χ2v) is 11.8. The highest BCUT2D eigenvalue weighted by Gasteiger charge is 2.37. The minimum absolute atomic E-state index is 0.0569. The molecule has 3 amide bonds. The van der Waals surface area contributed by atoms with E-state index in [4.69, 9.17) is 11.6 Å². The van der Waals surface area contributed by atoms with Gasteiger partial charge in [0, 0.05) is 56.5 Å². The average Bonchev–Trinajstić information content (AvgIpc) is 3.62. The molecule has 2 aliphatic heterocycles. The van der Waals surface area contributed by atoms with Crippen LogP contribution in [0.3, 0.4) is 0 Å². The Morgan fingerprint density at radius 1 is 1.20 bits per heavy atom. The van der Waals surface area contributed by atoms with Crippen LogP contribution in [0.2, 0.25) is 5.02 Å². The van der Waals surface area contributed by atoms with E-state index < -0.39 is 24.5 Å². The van der Waals surface area contributed by atoms with Gasteiger partial charge < -0.3 is 14.6 Å². The van der Waals surface area contributed by atoms with E-state index in [1.807, 2.05) is 0 Å². The number of benzene rings is 2. The third-order valence-electron chi connectivity index (χ3n) is 8.32. The molecule has 0 bridgehead atoms. The molecule has 2 fully saturated rings. The number of H-pyrrole nitrogens is 1. The number of nitrogens with one attached hydrogen (secondary N) is 1. The number of alkyl halides is 3. The van der Waals surface area contributed by atoms with Crippen LogP contribution in [0.5, 0.6) is 0 Å². The van der Waals surface area contributed by atoms with E-state index in [9.17, 15) is 31.9 Å². The first-order chi connectivity index (χ1) is 20.9. The van der Waals surface area contributed by atoms with Crippen molar-refractivity contribution >= 4 is 46.4 Å². The Hall–Kier alpha value is -3.71. The standard InChI is InChI=1S/C30H33ClF4N6O3/c1-38(18-30(33,34)35)16-23-20(14-24(31)28-22(23)15-36-37-28)12-19(17-42)13-27(43)39-8-6-21(7-9-39)40-10-11-41(29(40)44)26-5-3-2-4-25(26)32/h2-5,14-15,17,19,21H,6-13,16,18H2,1H3,(H,36,37). The third-order valence-corrected chi connectivity index (χ3v) is 8.62. The van der Waals surface area contributed by atoms with Gasteiger partial charge in [-0.15, -0.1) is 0 Å². The Labute approximate surface area is 256 Å². The first kappa shape index (κ1) is 31.7. The SMILES string of the molecule is CN(Cc1c(CC(C=O)CC(=O)N2CCC(N3CCN(c4ccccc4F)C3=O)CC2)cc(Cl)c2[nH]ncc12)CC(F)(F)F. The quantitative estimate of drug-likeness (QED) is 0.249. The monoisotopic (exact) mass is 636 g/mol. The number of aromatic amines is 1. The van der Waals surface area contributed by atoms with Crippen molar-refractivity contribution in [2.24, 2.45) is 5.92 Å². The lowest BCUT2D eigenvalue weighted by Gasteiger charge is -2.37. The number of para-hydroxylation sites is 1. The highest BCUT2D eigenvalue weighted by atomic mass is 35.5. The summed E-state index contributed by atoms with van der Waals surface area (Å²) in [6.45, 7) is 0.464. The molecule has 1 N–H and O–H groups in total. The number of piperidine rings is 1. The Kier molecular flexibility index (Phi) is 9.45. The van der Waals surface area contributed by atoms with Gasteiger partial charge in [-0.25, -0.2) is 9.18 Å². The van der Waals surface area contributed by atoms with Crippen LogP contribution in [0, 0.1) is 11.7 Å². The molecular weight excluding hydrogens is 604 g/mol. The molecule has 2 aliphatic rings. The minimum Gasteiger partial charge on any atom is -0.343 e. The number of nitrogens with zero attached hydrogens (tertiary/aromatic N) is 5. The Bertz CT molecular complexity index is 1520. The van der Waals surface area contributed by atoms with E-state index in [2.05, 4.69) is 10.2 Å². The zero-order valence-electron chi connectivity index (χ0n) is 24.1. The predicted octanol–water partition coefficient (Wildman–Crippen LogP) is 5.03. The van der Waals surface area contributed by atoms with Crippen molar-refractivity contribution in [3.63, 3.8) is 0 Å². The summed E-state index contributed by atoms with van der Waals surface area (Å²) in [6, 6.07) is 7.41. The molecule has 1 unspecified atom stereocenters. The summed E-state index contributed by atoms with van der Waals surface area (Å²) < 4.78 is 53.4. The van der Waals surface area contributed by atoms with E-state index in [0.29, 0.717) is 72.4 Å². The van der Waals surface area contributed by atoms with Crippen molar-refractivity contribution in [1.82, 2.24) is 24.9 Å². The number of rotatable bonds is 10. The van der Waals surface area contributed by atoms with Crippen molar-refractivity contribution in [1.29, 1.82) is 0 Å². The number of fused-ring (bicyclic) bond motifs is 1. The molecule has 0 aliphatic carbocycles. The molecule has 3 aromatic rings. The molecule has 14 heteroatoms. The van der Waals surface area contributed by atoms with Crippen LogP contribution in [-0.2, 0) is 22.6 Å². The van der Waals surface area contributed by atoms with E-state index in [-0.39, 0.29) is 43.1 Å². The van der Waals surface area contributed by atoms with Crippen molar-refractivity contribution < 1.29 is 31.9 Å². The minimum atomic E-state index is -4.39. The van der Waals surface area contributed by atoms with Gasteiger partial charge >= 0.3 is 12.2 Å². The number of likely N-dealkylation sites (tertiary alicyclic amines) is 1. The first-order valence-electron chi connectivity index (χ1n) is 14.4. The van der Waals surface area contributed by atoms with Gasteiger partial charge in [0.15, 0.2) is 0 Å². The predicted molar refractivity (Wildman–Crippen MR) is 157 cm³/mol. The topological polar surface area (TPSA) is 92.9 Å². The highest BCUT2D eigenvalue weighted by Crippen LogP contribution is 2.32. The van der Waals surface area contributed by atoms with Crippen LogP contribution in [0.15, 0.2) is 36.5 Å². The molecule has 3 heterocycles. The number of carbonyl (C=O) groups excluding carboxylic acids is 3. The van der Waals surface area contributed by atoms with Crippen molar-refractivity contribution in [2.45, 2.75) is 44.4 Å². The number of aldehydes is 1. The lowest BCUT2D eigenvalue weighted by Crippen LogP contribution is -2.48. The summed E-state index contributed by atoms with van der Waals surface area (Å²) in [7, 11) is 1.36. The molecule has 44 heavy (non-hydrogen) atoms. The van der Waals surface area contributed by atoms with Gasteiger partial charge in [-0.05, 0) is 55.6 Å². The van der Waals surface area contributed by atoms with Gasteiger partial charge in [0.1, 0.15) is 12.1 Å². The van der Waals surface area contributed by atoms with E-state index in [0.717, 1.165) is 4.90 Å². The molecule has 2 saturated heterocycles. The van der Waals surface area contributed by atoms with E-state index >= 15 is 0 Å². The molecule has 1 aromatic heterocycles. The van der Waals surface area contributed by atoms with Crippen LogP contribution in [0.25, 0.3) is 10.9 Å². The number of hydrogen-bond acceptors (Lipinski definition) is 5. The van der Waals surface area contributed by atoms with Gasteiger partial charge in [0.05, 0.1) is 29.0 Å². The molecular formula is C30H33ClF4N6O3. The summed E-state index contributed by atoms with van der Waals surface area (Å²) in [4.78, 5) is 44.4. The second kappa shape index (κ2) is 13.1. The van der Waals surface area contributed by atoms with Crippen molar-refractivity contribution in [3.8, 4) is 0 Å². The fraction of sp³-hybridized carbons (Fsp3) is 0.467. The fourth-order valence-corrected chi connectivity index (χ4v) is 6.48. The zero-order valence-corrected chi connectivity index (χ0v) is 24.9. The van der Waals surface area contributed by atoms with Crippen LogP contribution >= 0.6 is 11.6 Å². The van der Waals surface area contributed by atoms with Gasteiger partial charge in [-0.1, -0.05) is 23.7 Å². The maximum Gasteiger partial charge on any atom is 0.401 e. The van der Waals surface area contributed by atoms with E-state index in [1.54, 1.807) is 34.1 Å². The average molecular weight is 637 g/mol. The van der Waals surface area contributed by atoms with Crippen LogP contribution < -0.4 is 4.90 Å². The van der Waals surface area contributed by atoms with Crippen LogP contribution in [0.1, 0.15) is 30.4 Å². The molecule has 1 atom stereocenters. The van der Waals surface area contributed by atoms with E-state index in [1.165, 1.54) is 24.2 Å². The lowest BCUT2D eigenvalue weighted by atomic mass is 9.91. The molecule has 9 nitrogen and oxygen atoms in total. The second-order valence-electron chi connectivity index (χ2n) is 11.4. The van der Waals surface area contributed by atoms with Crippen molar-refractivity contribution in [3.05, 3.63) is 58.5 Å². The molecule has 236 valence electrons. The number of hydrogen-bond donors (Lipinski definition) is 1. The van der Waals surface area contributed by atoms with Gasteiger partial charge in [0.25, 0.3) is 0 Å². The molecule has 2 aromatic carbocycles. The maximum atomic E-state index is 14.3. The Balaban J connectivity index is 1.21. The smallest absolute Gasteiger partial charge is 0.343 e. The molecule has 0 saturated carbocycles. The first-order valence-corrected chi connectivity index (χ1v) is 14.8. The van der Waals surface area contributed by atoms with Gasteiger partial charge in [-0.3, -0.25) is 19.7 Å². The Morgan fingerprint density at radius 2 is 1.93 bits per heavy atom. The molecule has 0 radical (unpaired) electrons. The van der Waals surface area contributed by atoms with Gasteiger partial charge in [0.2, 0.25) is 5.91 Å². The number of anilines is 1. The van der Waals surface area contributed by atoms with Crippen LogP contribution in [0.4, 0.5) is 28.0 Å². The summed E-state index contributed by atoms with van der Waals surface area (Å²) in [5, 5.41) is 7.63. The summed E-state index contributed by atoms with van der Waals surface area (Å²) in [6.07, 6.45) is -1.04. The summed E-state index contributed by atoms with van der Waals surface area (Å²) in [5.41, 5.74) is 1.87. The number of amides is 3. The van der Waals surface area contributed by atoms with Crippen molar-refractivity contribution in [2.75, 3.05) is 44.7 Å². The normalized spacial score (nSPS) is 17.2. The molecule has 0 spiro atoms. The lowest BCUT2D eigenvalue weighted by molar-refractivity contribution is -0.144. The Morgan fingerprint density at radius 3 is 2.61 bits per heavy atom. The number of halogens is 5. The number of urea groups is 1. The largest absolute Gasteiger partial charge is 0.401 e.